The quantitative estimate of drug-likeness (QED) is 0.715. The average molecular weight is 429 g/mol. The van der Waals surface area contributed by atoms with Crippen molar-refractivity contribution in [2.24, 2.45) is 5.92 Å². The van der Waals surface area contributed by atoms with Gasteiger partial charge in [0.1, 0.15) is 6.54 Å². The maximum absolute atomic E-state index is 13.2. The van der Waals surface area contributed by atoms with Crippen molar-refractivity contribution in [1.82, 2.24) is 5.32 Å². The summed E-state index contributed by atoms with van der Waals surface area (Å²) < 4.78 is 27.4. The Morgan fingerprint density at radius 3 is 2.15 bits per heavy atom. The van der Waals surface area contributed by atoms with Gasteiger partial charge < -0.3 is 5.32 Å². The number of aryl methyl sites for hydroxylation is 1. The molecule has 5 nitrogen and oxygen atoms in total. The highest BCUT2D eigenvalue weighted by Crippen LogP contribution is 2.29. The Morgan fingerprint density at radius 1 is 1.07 bits per heavy atom. The van der Waals surface area contributed by atoms with Crippen LogP contribution < -0.4 is 9.62 Å². The fourth-order valence-corrected chi connectivity index (χ4v) is 4.26. The molecule has 0 bridgehead atoms. The first kappa shape index (κ1) is 21.5. The van der Waals surface area contributed by atoms with Crippen LogP contribution in [0.2, 0.25) is 10.0 Å². The fraction of sp³-hybridized carbons (Fsp3) is 0.316. The van der Waals surface area contributed by atoms with Crippen molar-refractivity contribution in [2.75, 3.05) is 17.4 Å². The number of hydrogen-bond acceptors (Lipinski definition) is 3. The maximum Gasteiger partial charge on any atom is 0.264 e. The number of benzene rings is 2. The lowest BCUT2D eigenvalue weighted by Crippen LogP contribution is -2.41. The van der Waals surface area contributed by atoms with E-state index in [4.69, 9.17) is 23.2 Å². The number of sulfonamides is 1. The topological polar surface area (TPSA) is 66.5 Å². The average Bonchev–Trinajstić information content (AvgIpc) is 2.57. The lowest BCUT2D eigenvalue weighted by atomic mass is 10.2. The smallest absolute Gasteiger partial charge is 0.264 e. The lowest BCUT2D eigenvalue weighted by Gasteiger charge is -2.24. The van der Waals surface area contributed by atoms with E-state index in [1.807, 2.05) is 20.8 Å². The van der Waals surface area contributed by atoms with Crippen LogP contribution in [0.15, 0.2) is 47.4 Å². The van der Waals surface area contributed by atoms with Crippen molar-refractivity contribution >= 4 is 44.8 Å². The normalized spacial score (nSPS) is 11.5. The van der Waals surface area contributed by atoms with E-state index < -0.39 is 15.9 Å². The highest BCUT2D eigenvalue weighted by molar-refractivity contribution is 7.92. The molecule has 2 aromatic carbocycles. The van der Waals surface area contributed by atoms with E-state index in [1.165, 1.54) is 30.3 Å². The predicted octanol–water partition coefficient (Wildman–Crippen LogP) is 4.27. The van der Waals surface area contributed by atoms with Crippen LogP contribution in [-0.2, 0) is 14.8 Å². The summed E-state index contributed by atoms with van der Waals surface area (Å²) in [7, 11) is -3.98. The minimum Gasteiger partial charge on any atom is -0.354 e. The van der Waals surface area contributed by atoms with Crippen LogP contribution >= 0.6 is 23.2 Å². The lowest BCUT2D eigenvalue weighted by molar-refractivity contribution is -0.119. The molecule has 1 N–H and O–H groups in total. The number of rotatable bonds is 7. The van der Waals surface area contributed by atoms with Crippen molar-refractivity contribution in [3.05, 3.63) is 58.1 Å². The Balaban J connectivity index is 2.45. The van der Waals surface area contributed by atoms with Gasteiger partial charge >= 0.3 is 0 Å². The number of halogens is 2. The molecule has 27 heavy (non-hydrogen) atoms. The molecule has 0 aliphatic rings. The van der Waals surface area contributed by atoms with Gasteiger partial charge in [0.15, 0.2) is 0 Å². The van der Waals surface area contributed by atoms with Gasteiger partial charge in [-0.1, -0.05) is 54.7 Å². The van der Waals surface area contributed by atoms with Crippen LogP contribution in [0.4, 0.5) is 5.69 Å². The zero-order chi connectivity index (χ0) is 20.2. The van der Waals surface area contributed by atoms with E-state index in [9.17, 15) is 13.2 Å². The summed E-state index contributed by atoms with van der Waals surface area (Å²) in [6, 6.07) is 10.9. The Kier molecular flexibility index (Phi) is 7.14. The number of carbonyl (C=O) groups is 1. The largest absolute Gasteiger partial charge is 0.354 e. The van der Waals surface area contributed by atoms with Gasteiger partial charge in [0.2, 0.25) is 5.91 Å². The first-order valence-corrected chi connectivity index (χ1v) is 10.6. The SMILES string of the molecule is Cc1ccc(S(=O)(=O)N(CC(=O)NCC(C)C)c2cc(Cl)cc(Cl)c2)cc1. The van der Waals surface area contributed by atoms with Gasteiger partial charge in [-0.2, -0.15) is 0 Å². The first-order valence-electron chi connectivity index (χ1n) is 8.42. The molecular weight excluding hydrogens is 407 g/mol. The Morgan fingerprint density at radius 2 is 1.63 bits per heavy atom. The van der Waals surface area contributed by atoms with E-state index in [0.29, 0.717) is 6.54 Å². The third-order valence-corrected chi connectivity index (χ3v) is 5.96. The van der Waals surface area contributed by atoms with Crippen LogP contribution in [0.5, 0.6) is 0 Å². The molecule has 0 saturated heterocycles. The van der Waals surface area contributed by atoms with Gasteiger partial charge in [-0.15, -0.1) is 0 Å². The first-order chi connectivity index (χ1) is 12.6. The van der Waals surface area contributed by atoms with Crippen molar-refractivity contribution < 1.29 is 13.2 Å². The fourth-order valence-electron chi connectivity index (χ4n) is 2.34. The van der Waals surface area contributed by atoms with Crippen LogP contribution in [0.1, 0.15) is 19.4 Å². The van der Waals surface area contributed by atoms with E-state index in [2.05, 4.69) is 5.32 Å². The third-order valence-electron chi connectivity index (χ3n) is 3.74. The molecule has 0 aliphatic heterocycles. The summed E-state index contributed by atoms with van der Waals surface area (Å²) in [4.78, 5) is 12.4. The summed E-state index contributed by atoms with van der Waals surface area (Å²) in [6.07, 6.45) is 0. The van der Waals surface area contributed by atoms with E-state index in [0.717, 1.165) is 9.87 Å². The molecule has 8 heteroatoms. The number of hydrogen-bond donors (Lipinski definition) is 1. The van der Waals surface area contributed by atoms with Crippen LogP contribution in [-0.4, -0.2) is 27.4 Å². The second kappa shape index (κ2) is 8.95. The van der Waals surface area contributed by atoms with Crippen LogP contribution in [0.25, 0.3) is 0 Å². The highest BCUT2D eigenvalue weighted by Gasteiger charge is 2.27. The van der Waals surface area contributed by atoms with E-state index in [-0.39, 0.29) is 33.1 Å². The molecule has 1 amide bonds. The molecule has 2 rings (SSSR count). The summed E-state index contributed by atoms with van der Waals surface area (Å²) in [5, 5.41) is 3.30. The van der Waals surface area contributed by atoms with Crippen molar-refractivity contribution in [1.29, 1.82) is 0 Å². The Labute approximate surface area is 170 Å². The monoisotopic (exact) mass is 428 g/mol. The summed E-state index contributed by atoms with van der Waals surface area (Å²) in [5.41, 5.74) is 1.16. The summed E-state index contributed by atoms with van der Waals surface area (Å²) >= 11 is 12.1. The summed E-state index contributed by atoms with van der Waals surface area (Å²) in [6.45, 7) is 5.85. The number of nitrogens with zero attached hydrogens (tertiary/aromatic N) is 1. The molecule has 0 atom stereocenters. The molecule has 0 heterocycles. The zero-order valence-electron chi connectivity index (χ0n) is 15.4. The van der Waals surface area contributed by atoms with Crippen molar-refractivity contribution in [2.45, 2.75) is 25.7 Å². The number of carbonyl (C=O) groups excluding carboxylic acids is 1. The van der Waals surface area contributed by atoms with Gasteiger partial charge in [-0.3, -0.25) is 9.10 Å². The maximum atomic E-state index is 13.2. The van der Waals surface area contributed by atoms with Gasteiger partial charge in [0, 0.05) is 16.6 Å². The molecule has 0 fully saturated rings. The molecule has 0 aromatic heterocycles. The Hall–Kier alpha value is -1.76. The van der Waals surface area contributed by atoms with Gasteiger partial charge in [0.05, 0.1) is 10.6 Å². The van der Waals surface area contributed by atoms with Crippen LogP contribution in [0.3, 0.4) is 0 Å². The second-order valence-corrected chi connectivity index (χ2v) is 9.39. The molecule has 0 unspecified atom stereocenters. The zero-order valence-corrected chi connectivity index (χ0v) is 17.7. The van der Waals surface area contributed by atoms with E-state index >= 15 is 0 Å². The minimum absolute atomic E-state index is 0.0841. The number of anilines is 1. The standard InChI is InChI=1S/C19H22Cl2N2O3S/c1-13(2)11-22-19(24)12-23(17-9-15(20)8-16(21)10-17)27(25,26)18-6-4-14(3)5-7-18/h4-10,13H,11-12H2,1-3H3,(H,22,24). The number of nitrogens with one attached hydrogen (secondary N) is 1. The van der Waals surface area contributed by atoms with Gasteiger partial charge in [0.25, 0.3) is 10.0 Å². The minimum atomic E-state index is -3.98. The molecule has 0 spiro atoms. The van der Waals surface area contributed by atoms with Crippen molar-refractivity contribution in [3.63, 3.8) is 0 Å². The molecule has 0 radical (unpaired) electrons. The molecule has 0 saturated carbocycles. The summed E-state index contributed by atoms with van der Waals surface area (Å²) in [5.74, 6) is -0.160. The molecule has 0 aliphatic carbocycles. The highest BCUT2D eigenvalue weighted by atomic mass is 35.5. The molecular formula is C19H22Cl2N2O3S. The second-order valence-electron chi connectivity index (χ2n) is 6.65. The third kappa shape index (κ3) is 5.86. The van der Waals surface area contributed by atoms with Gasteiger partial charge in [-0.25, -0.2) is 8.42 Å². The van der Waals surface area contributed by atoms with Gasteiger partial charge in [-0.05, 0) is 43.2 Å². The molecule has 146 valence electrons. The number of amides is 1. The Bertz CT molecular complexity index is 893. The molecule has 2 aromatic rings. The predicted molar refractivity (Wildman–Crippen MR) is 110 cm³/mol. The van der Waals surface area contributed by atoms with Crippen molar-refractivity contribution in [3.8, 4) is 0 Å². The van der Waals surface area contributed by atoms with E-state index in [1.54, 1.807) is 12.1 Å². The van der Waals surface area contributed by atoms with Crippen LogP contribution in [0, 0.1) is 12.8 Å².